The molecular weight excluding hydrogens is 212 g/mol. The van der Waals surface area contributed by atoms with Gasteiger partial charge in [0.25, 0.3) is 0 Å². The monoisotopic (exact) mass is 231 g/mol. The van der Waals surface area contributed by atoms with Gasteiger partial charge >= 0.3 is 5.56 Å². The number of aryl methyl sites for hydroxylation is 2. The van der Waals surface area contributed by atoms with Crippen molar-refractivity contribution in [3.05, 3.63) is 64.8 Å². The molecule has 3 heteroatoms. The third-order valence-corrected chi connectivity index (χ3v) is 2.41. The van der Waals surface area contributed by atoms with Gasteiger partial charge < -0.3 is 0 Å². The van der Waals surface area contributed by atoms with Gasteiger partial charge in [0.15, 0.2) is 0 Å². The molecule has 0 aliphatic carbocycles. The van der Waals surface area contributed by atoms with Gasteiger partial charge in [-0.25, -0.2) is 14.3 Å². The maximum atomic E-state index is 10.5. The largest absolute Gasteiger partial charge is 0.334 e. The summed E-state index contributed by atoms with van der Waals surface area (Å²) in [6.07, 6.45) is 4.54. The molecule has 0 amide bonds. The lowest BCUT2D eigenvalue weighted by Crippen LogP contribution is -2.34. The van der Waals surface area contributed by atoms with Crippen LogP contribution in [0.5, 0.6) is 0 Å². The van der Waals surface area contributed by atoms with E-state index in [9.17, 15) is 4.79 Å². The Balaban J connectivity index is 0.000000171. The number of benzene rings is 1. The molecule has 17 heavy (non-hydrogen) atoms. The first-order valence-corrected chi connectivity index (χ1v) is 5.88. The van der Waals surface area contributed by atoms with Gasteiger partial charge in [-0.2, -0.15) is 0 Å². The van der Waals surface area contributed by atoms with E-state index in [1.807, 2.05) is 17.6 Å². The average Bonchev–Trinajstić information content (AvgIpc) is 2.41. The number of rotatable bonds is 2. The summed E-state index contributed by atoms with van der Waals surface area (Å²) in [5.74, 6) is 0. The van der Waals surface area contributed by atoms with Crippen LogP contribution < -0.4 is 10.1 Å². The van der Waals surface area contributed by atoms with Crippen LogP contribution in [0.2, 0.25) is 0 Å². The van der Waals surface area contributed by atoms with E-state index in [1.54, 1.807) is 12.5 Å². The van der Waals surface area contributed by atoms with Crippen molar-refractivity contribution < 1.29 is 4.57 Å². The van der Waals surface area contributed by atoms with Crippen molar-refractivity contribution in [2.75, 3.05) is 0 Å². The molecule has 0 bridgehead atoms. The molecule has 0 atom stereocenters. The lowest BCUT2D eigenvalue weighted by Gasteiger charge is -1.89. The number of aromatic amines is 1. The minimum atomic E-state index is -0.0558. The smallest absolute Gasteiger partial charge is 0.242 e. The summed E-state index contributed by atoms with van der Waals surface area (Å²) in [6.45, 7) is 5.06. The molecule has 90 valence electrons. The molecule has 1 aromatic heterocycles. The van der Waals surface area contributed by atoms with E-state index in [1.165, 1.54) is 11.6 Å². The van der Waals surface area contributed by atoms with Crippen LogP contribution in [-0.2, 0) is 13.0 Å². The van der Waals surface area contributed by atoms with E-state index >= 15 is 0 Å². The van der Waals surface area contributed by atoms with E-state index in [-0.39, 0.29) is 5.56 Å². The van der Waals surface area contributed by atoms with Crippen LogP contribution in [0.1, 0.15) is 19.4 Å². The normalized spacial score (nSPS) is 9.29. The third-order valence-electron chi connectivity index (χ3n) is 2.41. The van der Waals surface area contributed by atoms with Gasteiger partial charge in [-0.05, 0) is 18.9 Å². The molecule has 0 saturated heterocycles. The van der Waals surface area contributed by atoms with Crippen LogP contribution in [-0.4, -0.2) is 4.98 Å². The third kappa shape index (κ3) is 5.11. The molecular formula is C14H19N2O+. The van der Waals surface area contributed by atoms with Crippen molar-refractivity contribution in [2.24, 2.45) is 0 Å². The first-order chi connectivity index (χ1) is 8.26. The summed E-state index contributed by atoms with van der Waals surface area (Å²) in [4.78, 5) is 13.0. The minimum Gasteiger partial charge on any atom is -0.242 e. The van der Waals surface area contributed by atoms with E-state index in [4.69, 9.17) is 0 Å². The number of aromatic nitrogens is 2. The second-order valence-corrected chi connectivity index (χ2v) is 3.62. The fourth-order valence-corrected chi connectivity index (χ4v) is 1.31. The Hall–Kier alpha value is -1.90. The number of nitrogens with zero attached hydrogens (tertiary/aromatic N) is 1. The molecule has 0 unspecified atom stereocenters. The maximum Gasteiger partial charge on any atom is 0.334 e. The van der Waals surface area contributed by atoms with E-state index < -0.39 is 0 Å². The summed E-state index contributed by atoms with van der Waals surface area (Å²) in [6, 6.07) is 12.0. The number of hydrogen-bond acceptors (Lipinski definition) is 1. The zero-order valence-electron chi connectivity index (χ0n) is 10.4. The van der Waals surface area contributed by atoms with Gasteiger partial charge in [0.1, 0.15) is 0 Å². The molecule has 1 heterocycles. The first-order valence-electron chi connectivity index (χ1n) is 5.88. The number of H-pyrrole nitrogens is 1. The standard InChI is InChI=1S/C8H10.C6H8N2O/c1-2-8-6-4-3-5-7-8;1-2-8-4-3-6(9)7-5-8/h3-7H,2H2,1H3;3-5H,2H2,1H3/p+1. The second-order valence-electron chi connectivity index (χ2n) is 3.62. The van der Waals surface area contributed by atoms with Crippen LogP contribution in [0.15, 0.2) is 53.7 Å². The molecule has 0 radical (unpaired) electrons. The zero-order chi connectivity index (χ0) is 12.5. The Bertz CT molecular complexity index is 457. The zero-order valence-corrected chi connectivity index (χ0v) is 10.4. The van der Waals surface area contributed by atoms with Gasteiger partial charge in [-0.15, -0.1) is 0 Å². The topological polar surface area (TPSA) is 36.7 Å². The van der Waals surface area contributed by atoms with Crippen LogP contribution in [0, 0.1) is 0 Å². The Morgan fingerprint density at radius 1 is 1.12 bits per heavy atom. The fourth-order valence-electron chi connectivity index (χ4n) is 1.31. The van der Waals surface area contributed by atoms with Crippen LogP contribution in [0.25, 0.3) is 0 Å². The van der Waals surface area contributed by atoms with Crippen LogP contribution in [0.3, 0.4) is 0 Å². The summed E-state index contributed by atoms with van der Waals surface area (Å²) in [5.41, 5.74) is 1.35. The predicted molar refractivity (Wildman–Crippen MR) is 68.8 cm³/mol. The molecule has 0 saturated carbocycles. The Morgan fingerprint density at radius 3 is 2.24 bits per heavy atom. The molecule has 0 aliphatic rings. The molecule has 0 aliphatic heterocycles. The van der Waals surface area contributed by atoms with Gasteiger partial charge in [-0.3, -0.25) is 0 Å². The molecule has 0 spiro atoms. The highest BCUT2D eigenvalue weighted by Gasteiger charge is 1.89. The van der Waals surface area contributed by atoms with Crippen molar-refractivity contribution in [3.63, 3.8) is 0 Å². The molecule has 3 nitrogen and oxygen atoms in total. The Labute approximate surface area is 102 Å². The molecule has 1 aromatic carbocycles. The maximum absolute atomic E-state index is 10.5. The number of nitrogens with one attached hydrogen (secondary N) is 1. The van der Waals surface area contributed by atoms with Crippen molar-refractivity contribution >= 4 is 0 Å². The fraction of sp³-hybridized carbons (Fsp3) is 0.286. The van der Waals surface area contributed by atoms with E-state index in [0.29, 0.717) is 0 Å². The Morgan fingerprint density at radius 2 is 1.82 bits per heavy atom. The second kappa shape index (κ2) is 7.39. The van der Waals surface area contributed by atoms with Gasteiger partial charge in [0.2, 0.25) is 6.33 Å². The Kier molecular flexibility index (Phi) is 5.72. The van der Waals surface area contributed by atoms with E-state index in [2.05, 4.69) is 36.2 Å². The van der Waals surface area contributed by atoms with Crippen molar-refractivity contribution in [1.82, 2.24) is 4.98 Å². The highest BCUT2D eigenvalue weighted by molar-refractivity contribution is 5.13. The van der Waals surface area contributed by atoms with Gasteiger partial charge in [-0.1, -0.05) is 37.3 Å². The highest BCUT2D eigenvalue weighted by atomic mass is 16.1. The molecule has 0 fully saturated rings. The number of hydrogen-bond donors (Lipinski definition) is 1. The lowest BCUT2D eigenvalue weighted by atomic mass is 10.2. The van der Waals surface area contributed by atoms with Crippen molar-refractivity contribution in [2.45, 2.75) is 26.8 Å². The quantitative estimate of drug-likeness (QED) is 0.788. The van der Waals surface area contributed by atoms with E-state index in [0.717, 1.165) is 13.0 Å². The van der Waals surface area contributed by atoms with Crippen molar-refractivity contribution in [3.8, 4) is 0 Å². The summed E-state index contributed by atoms with van der Waals surface area (Å²) in [7, 11) is 0. The highest BCUT2D eigenvalue weighted by Crippen LogP contribution is 1.96. The van der Waals surface area contributed by atoms with Crippen molar-refractivity contribution in [1.29, 1.82) is 0 Å². The summed E-state index contributed by atoms with van der Waals surface area (Å²) >= 11 is 0. The first kappa shape index (κ1) is 13.2. The SMILES string of the molecule is CC[n+]1ccc(=O)[nH]c1.CCc1ccccc1. The van der Waals surface area contributed by atoms with Crippen LogP contribution >= 0.6 is 0 Å². The summed E-state index contributed by atoms with van der Waals surface area (Å²) in [5, 5.41) is 0. The molecule has 1 N–H and O–H groups in total. The lowest BCUT2D eigenvalue weighted by molar-refractivity contribution is -0.696. The predicted octanol–water partition coefficient (Wildman–Crippen LogP) is 1.93. The van der Waals surface area contributed by atoms with Crippen LogP contribution in [0.4, 0.5) is 0 Å². The molecule has 2 aromatic rings. The summed E-state index contributed by atoms with van der Waals surface area (Å²) < 4.78 is 1.89. The minimum absolute atomic E-state index is 0.0558. The van der Waals surface area contributed by atoms with Gasteiger partial charge in [0, 0.05) is 0 Å². The van der Waals surface area contributed by atoms with Gasteiger partial charge in [0.05, 0.1) is 18.8 Å². The average molecular weight is 231 g/mol. The molecule has 2 rings (SSSR count).